The van der Waals surface area contributed by atoms with Gasteiger partial charge in [0.05, 0.1) is 17.2 Å². The van der Waals surface area contributed by atoms with E-state index in [9.17, 15) is 14.7 Å². The maximum atomic E-state index is 11.8. The van der Waals surface area contributed by atoms with Crippen molar-refractivity contribution in [1.29, 1.82) is 0 Å². The van der Waals surface area contributed by atoms with Gasteiger partial charge in [-0.15, -0.1) is 0 Å². The molecule has 1 saturated heterocycles. The van der Waals surface area contributed by atoms with Gasteiger partial charge in [-0.2, -0.15) is 0 Å². The molecule has 9 heteroatoms. The highest BCUT2D eigenvalue weighted by Crippen LogP contribution is 2.39. The van der Waals surface area contributed by atoms with Crippen LogP contribution >= 0.6 is 37.5 Å². The van der Waals surface area contributed by atoms with Crippen LogP contribution in [-0.2, 0) is 4.74 Å². The van der Waals surface area contributed by atoms with Gasteiger partial charge in [0, 0.05) is 17.9 Å². The molecular formula is C10H13BrN2O4S2. The second kappa shape index (κ2) is 6.49. The monoisotopic (exact) mass is 368 g/mol. The average Bonchev–Trinajstić information content (AvgIpc) is 2.77. The highest BCUT2D eigenvalue weighted by atomic mass is 79.9. The van der Waals surface area contributed by atoms with Crippen LogP contribution in [0.25, 0.3) is 0 Å². The second-order valence-electron chi connectivity index (χ2n) is 3.99. The number of aliphatic hydroxyl groups excluding tert-OH is 1. The Morgan fingerprint density at radius 2 is 2.37 bits per heavy atom. The third kappa shape index (κ3) is 3.27. The summed E-state index contributed by atoms with van der Waals surface area (Å²) in [4.78, 5) is 25.3. The summed E-state index contributed by atoms with van der Waals surface area (Å²) in [7, 11) is 3.21. The van der Waals surface area contributed by atoms with E-state index in [1.165, 1.54) is 10.8 Å². The van der Waals surface area contributed by atoms with Crippen molar-refractivity contribution in [2.45, 2.75) is 24.0 Å². The van der Waals surface area contributed by atoms with Crippen molar-refractivity contribution in [3.63, 3.8) is 0 Å². The molecule has 1 fully saturated rings. The van der Waals surface area contributed by atoms with Gasteiger partial charge >= 0.3 is 5.69 Å². The number of H-pyrrole nitrogens is 1. The molecule has 0 amide bonds. The Hall–Kier alpha value is -0.220. The standard InChI is InChI=1S/C10H13BrN2O4S2/c1-18-19-7-2-8(17-6(7)4-14)13-3-5(11)9(15)12-10(13)16/h3,6-8,14H,2,4H2,1H3,(H,12,15,16)/t6-,7?,8-/m1/s1. The number of halogens is 1. The van der Waals surface area contributed by atoms with Gasteiger partial charge in [0.1, 0.15) is 6.23 Å². The van der Waals surface area contributed by atoms with Crippen LogP contribution < -0.4 is 11.2 Å². The first kappa shape index (κ1) is 15.2. The summed E-state index contributed by atoms with van der Waals surface area (Å²) >= 11 is 3.09. The lowest BCUT2D eigenvalue weighted by atomic mass is 10.2. The predicted molar refractivity (Wildman–Crippen MR) is 79.5 cm³/mol. The van der Waals surface area contributed by atoms with E-state index >= 15 is 0 Å². The molecule has 1 aliphatic rings. The number of nitrogens with one attached hydrogen (secondary N) is 1. The number of aromatic nitrogens is 2. The summed E-state index contributed by atoms with van der Waals surface area (Å²) in [5.74, 6) is 0. The average molecular weight is 369 g/mol. The van der Waals surface area contributed by atoms with E-state index < -0.39 is 17.5 Å². The summed E-state index contributed by atoms with van der Waals surface area (Å²) in [5, 5.41) is 9.41. The Morgan fingerprint density at radius 1 is 1.63 bits per heavy atom. The van der Waals surface area contributed by atoms with E-state index in [1.807, 2.05) is 6.26 Å². The van der Waals surface area contributed by atoms with Crippen molar-refractivity contribution >= 4 is 37.5 Å². The quantitative estimate of drug-likeness (QED) is 0.770. The van der Waals surface area contributed by atoms with Crippen LogP contribution in [0.3, 0.4) is 0 Å². The molecule has 1 aromatic heterocycles. The molecule has 0 aliphatic carbocycles. The van der Waals surface area contributed by atoms with Gasteiger partial charge in [-0.1, -0.05) is 21.6 Å². The molecule has 106 valence electrons. The Balaban J connectivity index is 2.27. The number of hydrogen-bond acceptors (Lipinski definition) is 6. The topological polar surface area (TPSA) is 84.3 Å². The van der Waals surface area contributed by atoms with Crippen molar-refractivity contribution in [2.75, 3.05) is 12.9 Å². The van der Waals surface area contributed by atoms with E-state index in [0.29, 0.717) is 6.42 Å². The summed E-state index contributed by atoms with van der Waals surface area (Å²) in [6.45, 7) is -0.0893. The van der Waals surface area contributed by atoms with E-state index in [1.54, 1.807) is 21.6 Å². The predicted octanol–water partition coefficient (Wildman–Crippen LogP) is 0.959. The molecule has 0 saturated carbocycles. The fourth-order valence-corrected chi connectivity index (χ4v) is 4.37. The molecule has 19 heavy (non-hydrogen) atoms. The van der Waals surface area contributed by atoms with Gasteiger partial charge in [0.15, 0.2) is 0 Å². The summed E-state index contributed by atoms with van der Waals surface area (Å²) in [5.41, 5.74) is -0.974. The normalized spacial score (nSPS) is 26.8. The smallest absolute Gasteiger partial charge is 0.330 e. The molecule has 1 aliphatic heterocycles. The Morgan fingerprint density at radius 3 is 3.00 bits per heavy atom. The summed E-state index contributed by atoms with van der Waals surface area (Å²) in [6.07, 6.45) is 3.21. The SMILES string of the molecule is CSSC1C[C@H](n2cc(Br)c(=O)[nH]c2=O)O[C@@H]1CO. The van der Waals surface area contributed by atoms with Crippen LogP contribution in [0.15, 0.2) is 20.3 Å². The van der Waals surface area contributed by atoms with Gasteiger partial charge in [0.2, 0.25) is 0 Å². The van der Waals surface area contributed by atoms with Crippen LogP contribution in [0.2, 0.25) is 0 Å². The van der Waals surface area contributed by atoms with Crippen molar-refractivity contribution in [3.05, 3.63) is 31.5 Å². The molecule has 0 radical (unpaired) electrons. The maximum absolute atomic E-state index is 11.8. The first-order valence-corrected chi connectivity index (χ1v) is 8.95. The zero-order valence-electron chi connectivity index (χ0n) is 10.0. The van der Waals surface area contributed by atoms with Crippen molar-refractivity contribution in [3.8, 4) is 0 Å². The van der Waals surface area contributed by atoms with Crippen molar-refractivity contribution < 1.29 is 9.84 Å². The summed E-state index contributed by atoms with van der Waals surface area (Å²) < 4.78 is 7.29. The third-order valence-corrected chi connectivity index (χ3v) is 5.63. The number of hydrogen-bond donors (Lipinski definition) is 2. The Bertz CT molecular complexity index is 561. The highest BCUT2D eigenvalue weighted by Gasteiger charge is 2.36. The molecule has 0 aromatic carbocycles. The van der Waals surface area contributed by atoms with Crippen LogP contribution in [0, 0.1) is 0 Å². The van der Waals surface area contributed by atoms with Crippen molar-refractivity contribution in [1.82, 2.24) is 9.55 Å². The number of ether oxygens (including phenoxy) is 1. The minimum absolute atomic E-state index is 0.0893. The Kier molecular flexibility index (Phi) is 5.18. The third-order valence-electron chi connectivity index (χ3n) is 2.81. The minimum atomic E-state index is -0.510. The van der Waals surface area contributed by atoms with E-state index in [-0.39, 0.29) is 22.4 Å². The highest BCUT2D eigenvalue weighted by molar-refractivity contribution is 9.10. The lowest BCUT2D eigenvalue weighted by Crippen LogP contribution is -2.32. The van der Waals surface area contributed by atoms with Crippen LogP contribution in [-0.4, -0.2) is 38.9 Å². The number of rotatable bonds is 4. The van der Waals surface area contributed by atoms with Gasteiger partial charge in [0.25, 0.3) is 5.56 Å². The molecule has 2 rings (SSSR count). The minimum Gasteiger partial charge on any atom is -0.394 e. The largest absolute Gasteiger partial charge is 0.394 e. The zero-order valence-corrected chi connectivity index (χ0v) is 13.3. The number of aromatic amines is 1. The van der Waals surface area contributed by atoms with E-state index in [4.69, 9.17) is 4.74 Å². The lowest BCUT2D eigenvalue weighted by Gasteiger charge is -2.14. The van der Waals surface area contributed by atoms with Crippen LogP contribution in [0.5, 0.6) is 0 Å². The first-order valence-electron chi connectivity index (χ1n) is 5.53. The van der Waals surface area contributed by atoms with Gasteiger partial charge in [-0.25, -0.2) is 4.79 Å². The van der Waals surface area contributed by atoms with Crippen molar-refractivity contribution in [2.24, 2.45) is 0 Å². The number of nitrogens with zero attached hydrogens (tertiary/aromatic N) is 1. The van der Waals surface area contributed by atoms with Crippen LogP contribution in [0.4, 0.5) is 0 Å². The molecular weight excluding hydrogens is 356 g/mol. The number of aliphatic hydroxyl groups is 1. The molecule has 0 spiro atoms. The molecule has 0 bridgehead atoms. The fourth-order valence-electron chi connectivity index (χ4n) is 1.93. The molecule has 2 heterocycles. The summed E-state index contributed by atoms with van der Waals surface area (Å²) in [6, 6.07) is 0. The van der Waals surface area contributed by atoms with E-state index in [0.717, 1.165) is 0 Å². The second-order valence-corrected chi connectivity index (χ2v) is 7.56. The van der Waals surface area contributed by atoms with Gasteiger partial charge in [-0.05, 0) is 22.2 Å². The molecule has 2 N–H and O–H groups in total. The van der Waals surface area contributed by atoms with Gasteiger partial charge in [-0.3, -0.25) is 14.3 Å². The molecule has 1 aromatic rings. The zero-order chi connectivity index (χ0) is 14.0. The molecule has 6 nitrogen and oxygen atoms in total. The molecule has 1 unspecified atom stereocenters. The maximum Gasteiger partial charge on any atom is 0.330 e. The first-order chi connectivity index (χ1) is 9.06. The molecule has 3 atom stereocenters. The fraction of sp³-hybridized carbons (Fsp3) is 0.600. The van der Waals surface area contributed by atoms with Gasteiger partial charge < -0.3 is 9.84 Å². The van der Waals surface area contributed by atoms with Crippen LogP contribution in [0.1, 0.15) is 12.6 Å². The lowest BCUT2D eigenvalue weighted by molar-refractivity contribution is -0.0238. The van der Waals surface area contributed by atoms with E-state index in [2.05, 4.69) is 20.9 Å². The Labute approximate surface area is 125 Å².